The number of hydrogen-bond donors (Lipinski definition) is 0. The van der Waals surface area contributed by atoms with Crippen LogP contribution in [0.5, 0.6) is 0 Å². The third-order valence-corrected chi connectivity index (χ3v) is 3.59. The van der Waals surface area contributed by atoms with Crippen molar-refractivity contribution >= 4 is 9.24 Å². The number of benzene rings is 2. The molecule has 0 fully saturated rings. The van der Waals surface area contributed by atoms with Crippen molar-refractivity contribution in [3.63, 3.8) is 0 Å². The average Bonchev–Trinajstić information content (AvgIpc) is 2.40. The van der Waals surface area contributed by atoms with Gasteiger partial charge in [0.15, 0.2) is 0 Å². The van der Waals surface area contributed by atoms with Crippen LogP contribution in [-0.4, -0.2) is 7.11 Å². The number of methoxy groups -OCH3 is 1. The van der Waals surface area contributed by atoms with Gasteiger partial charge in [0.05, 0.1) is 6.61 Å². The summed E-state index contributed by atoms with van der Waals surface area (Å²) in [7, 11) is 4.35. The van der Waals surface area contributed by atoms with Crippen LogP contribution in [0.4, 0.5) is 4.39 Å². The van der Waals surface area contributed by atoms with Gasteiger partial charge in [-0.25, -0.2) is 4.39 Å². The van der Waals surface area contributed by atoms with E-state index in [0.717, 1.165) is 22.9 Å². The maximum atomic E-state index is 14.1. The van der Waals surface area contributed by atoms with Gasteiger partial charge in [0.25, 0.3) is 0 Å². The largest absolute Gasteiger partial charge is 0.380 e. The lowest BCUT2D eigenvalue weighted by Crippen LogP contribution is -1.96. The summed E-state index contributed by atoms with van der Waals surface area (Å²) in [6.45, 7) is 2.38. The van der Waals surface area contributed by atoms with Gasteiger partial charge in [0.1, 0.15) is 5.82 Å². The smallest absolute Gasteiger partial charge is 0.131 e. The van der Waals surface area contributed by atoms with Crippen LogP contribution in [0.1, 0.15) is 16.7 Å². The summed E-state index contributed by atoms with van der Waals surface area (Å²) < 4.78 is 19.3. The van der Waals surface area contributed by atoms with Crippen LogP contribution in [0.2, 0.25) is 0 Å². The molecule has 0 aromatic heterocycles. The van der Waals surface area contributed by atoms with E-state index in [9.17, 15) is 4.39 Å². The first-order chi connectivity index (χ1) is 9.15. The van der Waals surface area contributed by atoms with Gasteiger partial charge in [-0.05, 0) is 41.4 Å². The summed E-state index contributed by atoms with van der Waals surface area (Å²) in [4.78, 5) is 0. The molecule has 0 spiro atoms. The average molecular weight is 276 g/mol. The molecule has 0 heterocycles. The fraction of sp³-hybridized carbons (Fsp3) is 0.250. The monoisotopic (exact) mass is 276 g/mol. The van der Waals surface area contributed by atoms with Gasteiger partial charge in [-0.3, -0.25) is 0 Å². The zero-order valence-electron chi connectivity index (χ0n) is 11.2. The van der Waals surface area contributed by atoms with E-state index in [1.54, 1.807) is 13.2 Å². The van der Waals surface area contributed by atoms with Crippen molar-refractivity contribution < 1.29 is 9.13 Å². The quantitative estimate of drug-likeness (QED) is 0.755. The predicted octanol–water partition coefficient (Wildman–Crippen LogP) is 4.32. The Morgan fingerprint density at radius 2 is 1.84 bits per heavy atom. The van der Waals surface area contributed by atoms with Crippen molar-refractivity contribution in [3.8, 4) is 11.1 Å². The van der Waals surface area contributed by atoms with Gasteiger partial charge in [-0.1, -0.05) is 30.3 Å². The van der Waals surface area contributed by atoms with Crippen LogP contribution in [0.25, 0.3) is 11.1 Å². The SMILES string of the molecule is COCc1cc(CP)ccc1-c1ccc(C)cc1F. The summed E-state index contributed by atoms with van der Waals surface area (Å²) in [5.74, 6) is -0.184. The van der Waals surface area contributed by atoms with E-state index in [0.29, 0.717) is 12.2 Å². The lowest BCUT2D eigenvalue weighted by Gasteiger charge is -2.12. The molecule has 1 unspecified atom stereocenters. The van der Waals surface area contributed by atoms with Crippen LogP contribution in [0, 0.1) is 12.7 Å². The number of ether oxygens (including phenoxy) is 1. The molecule has 0 N–H and O–H groups in total. The topological polar surface area (TPSA) is 9.23 Å². The molecule has 2 rings (SSSR count). The second kappa shape index (κ2) is 6.27. The van der Waals surface area contributed by atoms with Crippen LogP contribution in [0.15, 0.2) is 36.4 Å². The Labute approximate surface area is 116 Å². The van der Waals surface area contributed by atoms with Crippen LogP contribution in [-0.2, 0) is 17.5 Å². The van der Waals surface area contributed by atoms with Gasteiger partial charge in [0.2, 0.25) is 0 Å². The lowest BCUT2D eigenvalue weighted by atomic mass is 9.97. The summed E-state index contributed by atoms with van der Waals surface area (Å²) in [6.07, 6.45) is 0.882. The highest BCUT2D eigenvalue weighted by Gasteiger charge is 2.10. The van der Waals surface area contributed by atoms with Crippen molar-refractivity contribution in [2.24, 2.45) is 0 Å². The molecule has 0 aliphatic carbocycles. The molecular formula is C16H18FOP. The zero-order chi connectivity index (χ0) is 13.8. The summed E-state index contributed by atoms with van der Waals surface area (Å²) >= 11 is 0. The van der Waals surface area contributed by atoms with Crippen LogP contribution in [0.3, 0.4) is 0 Å². The standard InChI is InChI=1S/C16H18FOP/c1-11-3-5-15(16(17)7-11)14-6-4-12(10-19)8-13(14)9-18-2/h3-8H,9-10,19H2,1-2H3. The molecule has 3 heteroatoms. The van der Waals surface area contributed by atoms with Crippen LogP contribution >= 0.6 is 9.24 Å². The number of aryl methyl sites for hydroxylation is 1. The maximum Gasteiger partial charge on any atom is 0.131 e. The van der Waals surface area contributed by atoms with Crippen LogP contribution < -0.4 is 0 Å². The Bertz CT molecular complexity index is 581. The van der Waals surface area contributed by atoms with E-state index in [4.69, 9.17) is 4.74 Å². The fourth-order valence-electron chi connectivity index (χ4n) is 2.15. The van der Waals surface area contributed by atoms with E-state index in [1.807, 2.05) is 31.2 Å². The summed E-state index contributed by atoms with van der Waals surface area (Å²) in [5.41, 5.74) is 4.68. The minimum atomic E-state index is -0.184. The highest BCUT2D eigenvalue weighted by molar-refractivity contribution is 7.15. The minimum Gasteiger partial charge on any atom is -0.380 e. The van der Waals surface area contributed by atoms with Gasteiger partial charge < -0.3 is 4.74 Å². The van der Waals surface area contributed by atoms with E-state index in [-0.39, 0.29) is 5.82 Å². The molecule has 2 aromatic carbocycles. The Morgan fingerprint density at radius 1 is 1.11 bits per heavy atom. The summed E-state index contributed by atoms with van der Waals surface area (Å²) in [5, 5.41) is 0. The highest BCUT2D eigenvalue weighted by Crippen LogP contribution is 2.29. The first kappa shape index (κ1) is 14.2. The van der Waals surface area contributed by atoms with Crippen molar-refractivity contribution in [3.05, 3.63) is 58.9 Å². The van der Waals surface area contributed by atoms with Gasteiger partial charge in [0, 0.05) is 12.7 Å². The zero-order valence-corrected chi connectivity index (χ0v) is 12.4. The van der Waals surface area contributed by atoms with E-state index < -0.39 is 0 Å². The number of halogens is 1. The molecule has 100 valence electrons. The molecule has 1 atom stereocenters. The Balaban J connectivity index is 2.54. The third-order valence-electron chi connectivity index (χ3n) is 3.12. The summed E-state index contributed by atoms with van der Waals surface area (Å²) in [6, 6.07) is 11.4. The Morgan fingerprint density at radius 3 is 2.47 bits per heavy atom. The fourth-order valence-corrected chi connectivity index (χ4v) is 2.40. The maximum absolute atomic E-state index is 14.1. The molecule has 0 saturated carbocycles. The molecule has 0 amide bonds. The van der Waals surface area contributed by atoms with Crippen molar-refractivity contribution in [1.29, 1.82) is 0 Å². The molecule has 0 aliphatic rings. The molecular weight excluding hydrogens is 258 g/mol. The van der Waals surface area contributed by atoms with Crippen molar-refractivity contribution in [2.45, 2.75) is 19.7 Å². The predicted molar refractivity (Wildman–Crippen MR) is 80.7 cm³/mol. The van der Waals surface area contributed by atoms with E-state index in [2.05, 4.69) is 15.3 Å². The Hall–Kier alpha value is -1.24. The first-order valence-electron chi connectivity index (χ1n) is 6.23. The minimum absolute atomic E-state index is 0.184. The second-order valence-corrected chi connectivity index (χ2v) is 5.02. The van der Waals surface area contributed by atoms with Crippen molar-refractivity contribution in [1.82, 2.24) is 0 Å². The molecule has 0 radical (unpaired) electrons. The van der Waals surface area contributed by atoms with E-state index in [1.165, 1.54) is 5.56 Å². The molecule has 2 aromatic rings. The lowest BCUT2D eigenvalue weighted by molar-refractivity contribution is 0.185. The second-order valence-electron chi connectivity index (χ2n) is 4.61. The molecule has 0 bridgehead atoms. The molecule has 1 nitrogen and oxygen atoms in total. The van der Waals surface area contributed by atoms with Crippen molar-refractivity contribution in [2.75, 3.05) is 7.11 Å². The molecule has 0 saturated heterocycles. The highest BCUT2D eigenvalue weighted by atomic mass is 31.0. The van der Waals surface area contributed by atoms with Gasteiger partial charge in [-0.2, -0.15) is 0 Å². The normalized spacial score (nSPS) is 10.7. The van der Waals surface area contributed by atoms with Gasteiger partial charge in [-0.15, -0.1) is 9.24 Å². The first-order valence-corrected chi connectivity index (χ1v) is 7.04. The number of rotatable bonds is 4. The third kappa shape index (κ3) is 3.20. The molecule has 19 heavy (non-hydrogen) atoms. The van der Waals surface area contributed by atoms with E-state index >= 15 is 0 Å². The Kier molecular flexibility index (Phi) is 4.68. The molecule has 0 aliphatic heterocycles. The number of hydrogen-bond acceptors (Lipinski definition) is 1. The van der Waals surface area contributed by atoms with Gasteiger partial charge >= 0.3 is 0 Å².